The molecule has 2 unspecified atom stereocenters. The van der Waals surface area contributed by atoms with E-state index in [-0.39, 0.29) is 25.1 Å². The summed E-state index contributed by atoms with van der Waals surface area (Å²) in [7, 11) is -4.66. The Morgan fingerprint density at radius 1 is 0.920 bits per heavy atom. The van der Waals surface area contributed by atoms with Crippen molar-refractivity contribution in [2.75, 3.05) is 6.61 Å². The maximum Gasteiger partial charge on any atom is 0.323 e. The molecule has 0 fully saturated rings. The molecule has 0 rings (SSSR count). The Balaban J connectivity index is 0. The lowest BCUT2D eigenvalue weighted by molar-refractivity contribution is -0.144. The summed E-state index contributed by atoms with van der Waals surface area (Å²) in [6, 6.07) is 0. The topological polar surface area (TPSA) is 120 Å². The van der Waals surface area contributed by atoms with E-state index < -0.39 is 21.3 Å². The maximum absolute atomic E-state index is 12.0. The zero-order valence-electron chi connectivity index (χ0n) is 16.6. The lowest BCUT2D eigenvalue weighted by Crippen LogP contribution is -2.33. The Hall–Kier alpha value is -0.660. The van der Waals surface area contributed by atoms with Crippen LogP contribution in [0.2, 0.25) is 0 Å². The van der Waals surface area contributed by atoms with Gasteiger partial charge in [0.15, 0.2) is 0 Å². The van der Waals surface area contributed by atoms with Crippen molar-refractivity contribution in [2.24, 2.45) is 5.92 Å². The molecule has 0 amide bonds. The molecule has 7 heteroatoms. The molecule has 0 radical (unpaired) electrons. The Morgan fingerprint density at radius 2 is 1.48 bits per heavy atom. The Bertz CT molecular complexity index is 425. The highest BCUT2D eigenvalue weighted by Gasteiger charge is 2.27. The van der Waals surface area contributed by atoms with E-state index >= 15 is 0 Å². The smallest absolute Gasteiger partial charge is 0.323 e. The van der Waals surface area contributed by atoms with Gasteiger partial charge >= 0.3 is 5.97 Å². The molecule has 0 aromatic carbocycles. The van der Waals surface area contributed by atoms with Crippen LogP contribution >= 0.6 is 0 Å². The standard InChI is InChI=1S/C18H36O5S.H3N/c1-4-7-9-10-11-12-14-17(24(20,21)22)18(19)23-15-16(6-3)13-8-5-2;/h16-17H,4-15H2,1-3H3,(H,20,21,22);1H3. The number of carbonyl (C=O) groups is 1. The van der Waals surface area contributed by atoms with Gasteiger partial charge in [0, 0.05) is 0 Å². The summed E-state index contributed by atoms with van der Waals surface area (Å²) in [5, 5.41) is -1.55. The Morgan fingerprint density at radius 3 is 2.00 bits per heavy atom. The second kappa shape index (κ2) is 15.6. The van der Waals surface area contributed by atoms with Crippen molar-refractivity contribution in [2.45, 2.75) is 96.7 Å². The third kappa shape index (κ3) is 13.2. The lowest BCUT2D eigenvalue weighted by atomic mass is 10.0. The van der Waals surface area contributed by atoms with E-state index in [1.165, 1.54) is 0 Å². The van der Waals surface area contributed by atoms with Gasteiger partial charge in [-0.05, 0) is 18.8 Å². The fourth-order valence-electron chi connectivity index (χ4n) is 2.68. The zero-order chi connectivity index (χ0) is 18.4. The van der Waals surface area contributed by atoms with Crippen LogP contribution in [-0.4, -0.2) is 30.8 Å². The second-order valence-corrected chi connectivity index (χ2v) is 8.14. The van der Waals surface area contributed by atoms with Crippen LogP contribution in [0.1, 0.15) is 91.4 Å². The molecule has 152 valence electrons. The summed E-state index contributed by atoms with van der Waals surface area (Å²) in [6.07, 6.45) is 9.83. The molecule has 2 atom stereocenters. The van der Waals surface area contributed by atoms with Gasteiger partial charge in [-0.3, -0.25) is 4.79 Å². The SMILES string of the molecule is CCCCCCCCC(C(=O)OCC(CC)CCCC)S(=O)(=O)[O-].[NH4+]. The van der Waals surface area contributed by atoms with Crippen LogP contribution in [0.25, 0.3) is 0 Å². The van der Waals surface area contributed by atoms with Crippen molar-refractivity contribution < 1.29 is 22.5 Å². The minimum atomic E-state index is -4.66. The fraction of sp³-hybridized carbons (Fsp3) is 0.944. The number of ether oxygens (including phenoxy) is 1. The van der Waals surface area contributed by atoms with Gasteiger partial charge in [-0.15, -0.1) is 0 Å². The third-order valence-corrected chi connectivity index (χ3v) is 5.56. The first-order valence-corrected chi connectivity index (χ1v) is 10.9. The summed E-state index contributed by atoms with van der Waals surface area (Å²) < 4.78 is 39.3. The molecule has 0 aromatic rings. The zero-order valence-corrected chi connectivity index (χ0v) is 17.4. The number of carbonyl (C=O) groups excluding carboxylic acids is 1. The highest BCUT2D eigenvalue weighted by Crippen LogP contribution is 2.17. The predicted molar refractivity (Wildman–Crippen MR) is 102 cm³/mol. The van der Waals surface area contributed by atoms with Crippen LogP contribution in [-0.2, 0) is 19.6 Å². The molecule has 0 heterocycles. The van der Waals surface area contributed by atoms with Crippen LogP contribution in [0.15, 0.2) is 0 Å². The highest BCUT2D eigenvalue weighted by atomic mass is 32.2. The summed E-state index contributed by atoms with van der Waals surface area (Å²) in [5.41, 5.74) is 0. The normalized spacial score (nSPS) is 13.8. The number of rotatable bonds is 15. The van der Waals surface area contributed by atoms with E-state index in [4.69, 9.17) is 4.74 Å². The number of hydrogen-bond acceptors (Lipinski definition) is 5. The van der Waals surface area contributed by atoms with E-state index in [9.17, 15) is 17.8 Å². The van der Waals surface area contributed by atoms with E-state index in [1.807, 2.05) is 6.92 Å². The van der Waals surface area contributed by atoms with E-state index in [2.05, 4.69) is 13.8 Å². The minimum Gasteiger partial charge on any atom is -0.747 e. The first-order valence-electron chi connectivity index (χ1n) is 9.48. The van der Waals surface area contributed by atoms with Gasteiger partial charge in [0.05, 0.1) is 6.61 Å². The molecular weight excluding hydrogens is 342 g/mol. The number of esters is 1. The molecular formula is C18H39NO5S. The summed E-state index contributed by atoms with van der Waals surface area (Å²) in [5.74, 6) is -0.633. The predicted octanol–water partition coefficient (Wildman–Crippen LogP) is 4.79. The van der Waals surface area contributed by atoms with Gasteiger partial charge in [-0.2, -0.15) is 0 Å². The fourth-order valence-corrected chi connectivity index (χ4v) is 3.44. The van der Waals surface area contributed by atoms with Gasteiger partial charge in [-0.25, -0.2) is 8.42 Å². The van der Waals surface area contributed by atoms with Gasteiger partial charge in [0.2, 0.25) is 0 Å². The minimum absolute atomic E-state index is 0. The Labute approximate surface area is 154 Å². The van der Waals surface area contributed by atoms with Crippen molar-refractivity contribution in [1.29, 1.82) is 0 Å². The molecule has 0 aliphatic carbocycles. The van der Waals surface area contributed by atoms with Crippen LogP contribution in [0.5, 0.6) is 0 Å². The second-order valence-electron chi connectivity index (χ2n) is 6.58. The molecule has 0 spiro atoms. The van der Waals surface area contributed by atoms with E-state index in [1.54, 1.807) is 0 Å². The van der Waals surface area contributed by atoms with Crippen LogP contribution < -0.4 is 6.15 Å². The molecule has 6 nitrogen and oxygen atoms in total. The highest BCUT2D eigenvalue weighted by molar-refractivity contribution is 7.87. The lowest BCUT2D eigenvalue weighted by Gasteiger charge is -2.21. The number of unbranched alkanes of at least 4 members (excludes halogenated alkanes) is 6. The van der Waals surface area contributed by atoms with Crippen molar-refractivity contribution in [1.82, 2.24) is 6.15 Å². The molecule has 0 aromatic heterocycles. The molecule has 0 saturated heterocycles. The van der Waals surface area contributed by atoms with Gasteiger partial charge in [0.1, 0.15) is 15.4 Å². The largest absolute Gasteiger partial charge is 0.747 e. The van der Waals surface area contributed by atoms with Crippen molar-refractivity contribution in [3.05, 3.63) is 0 Å². The summed E-state index contributed by atoms with van der Waals surface area (Å²) >= 11 is 0. The monoisotopic (exact) mass is 381 g/mol. The van der Waals surface area contributed by atoms with Crippen LogP contribution in [0, 0.1) is 5.92 Å². The van der Waals surface area contributed by atoms with Crippen molar-refractivity contribution >= 4 is 16.1 Å². The molecule has 25 heavy (non-hydrogen) atoms. The number of quaternary nitrogens is 1. The maximum atomic E-state index is 12.0. The van der Waals surface area contributed by atoms with Crippen LogP contribution in [0.4, 0.5) is 0 Å². The average Bonchev–Trinajstić information content (AvgIpc) is 2.53. The molecule has 4 N–H and O–H groups in total. The third-order valence-electron chi connectivity index (χ3n) is 4.44. The first kappa shape index (κ1) is 26.6. The van der Waals surface area contributed by atoms with E-state index in [0.717, 1.165) is 57.8 Å². The van der Waals surface area contributed by atoms with Crippen molar-refractivity contribution in [3.63, 3.8) is 0 Å². The molecule has 0 aliphatic heterocycles. The van der Waals surface area contributed by atoms with Crippen LogP contribution in [0.3, 0.4) is 0 Å². The first-order chi connectivity index (χ1) is 11.4. The van der Waals surface area contributed by atoms with E-state index in [0.29, 0.717) is 6.42 Å². The molecule has 0 bridgehead atoms. The van der Waals surface area contributed by atoms with Crippen molar-refractivity contribution in [3.8, 4) is 0 Å². The Kier molecular flexibility index (Phi) is 16.6. The quantitative estimate of drug-likeness (QED) is 0.248. The van der Waals surface area contributed by atoms with Gasteiger partial charge < -0.3 is 15.4 Å². The summed E-state index contributed by atoms with van der Waals surface area (Å²) in [4.78, 5) is 12.0. The van der Waals surface area contributed by atoms with Gasteiger partial charge in [-0.1, -0.05) is 78.6 Å². The summed E-state index contributed by atoms with van der Waals surface area (Å²) in [6.45, 7) is 6.45. The average molecular weight is 382 g/mol. The number of hydrogen-bond donors (Lipinski definition) is 1. The molecule has 0 aliphatic rings. The van der Waals surface area contributed by atoms with Gasteiger partial charge in [0.25, 0.3) is 0 Å². The molecule has 0 saturated carbocycles.